The normalized spacial score (nSPS) is 16.3. The van der Waals surface area contributed by atoms with Crippen molar-refractivity contribution in [1.82, 2.24) is 5.32 Å². The van der Waals surface area contributed by atoms with Gasteiger partial charge in [-0.2, -0.15) is 11.8 Å². The Morgan fingerprint density at radius 2 is 2.18 bits per heavy atom. The van der Waals surface area contributed by atoms with Gasteiger partial charge in [-0.1, -0.05) is 6.92 Å². The highest BCUT2D eigenvalue weighted by atomic mass is 32.2. The molecule has 0 aliphatic rings. The number of thioether (sulfide) groups is 1. The van der Waals surface area contributed by atoms with E-state index in [2.05, 4.69) is 12.2 Å². The summed E-state index contributed by atoms with van der Waals surface area (Å²) in [6, 6.07) is 0. The van der Waals surface area contributed by atoms with Crippen molar-refractivity contribution in [2.24, 2.45) is 11.7 Å². The van der Waals surface area contributed by atoms with Crippen molar-refractivity contribution in [3.8, 4) is 0 Å². The lowest BCUT2D eigenvalue weighted by Gasteiger charge is -2.22. The summed E-state index contributed by atoms with van der Waals surface area (Å²) in [5.41, 5.74) is 4.63. The molecule has 5 heteroatoms. The summed E-state index contributed by atoms with van der Waals surface area (Å²) >= 11 is 1.57. The molecule has 0 fully saturated rings. The van der Waals surface area contributed by atoms with Gasteiger partial charge in [-0.05, 0) is 38.5 Å². The smallest absolute Gasteiger partial charge is 0.220 e. The third-order valence-corrected chi connectivity index (χ3v) is 3.56. The maximum atomic E-state index is 11.5. The van der Waals surface area contributed by atoms with Crippen LogP contribution >= 0.6 is 11.8 Å². The molecule has 0 saturated carbocycles. The number of rotatable bonds is 9. The third-order valence-electron chi connectivity index (χ3n) is 2.65. The summed E-state index contributed by atoms with van der Waals surface area (Å²) in [6.45, 7) is 4.83. The van der Waals surface area contributed by atoms with E-state index in [9.17, 15) is 9.90 Å². The molecule has 17 heavy (non-hydrogen) atoms. The van der Waals surface area contributed by atoms with Crippen molar-refractivity contribution >= 4 is 17.7 Å². The third kappa shape index (κ3) is 9.44. The number of aliphatic hydroxyl groups is 1. The molecule has 0 aliphatic carbocycles. The quantitative estimate of drug-likeness (QED) is 0.579. The predicted octanol–water partition coefficient (Wildman–Crippen LogP) is 0.982. The molecular weight excluding hydrogens is 236 g/mol. The van der Waals surface area contributed by atoms with Crippen molar-refractivity contribution in [1.29, 1.82) is 0 Å². The fourth-order valence-corrected chi connectivity index (χ4v) is 2.27. The molecule has 2 atom stereocenters. The van der Waals surface area contributed by atoms with Crippen molar-refractivity contribution in [2.75, 3.05) is 25.1 Å². The number of amides is 1. The second kappa shape index (κ2) is 8.78. The fraction of sp³-hybridized carbons (Fsp3) is 0.917. The Morgan fingerprint density at radius 3 is 2.71 bits per heavy atom. The Hall–Kier alpha value is -0.260. The van der Waals surface area contributed by atoms with E-state index in [-0.39, 0.29) is 5.91 Å². The highest BCUT2D eigenvalue weighted by molar-refractivity contribution is 7.98. The molecule has 0 aromatic heterocycles. The molecule has 0 rings (SSSR count). The highest BCUT2D eigenvalue weighted by Gasteiger charge is 2.20. The average molecular weight is 262 g/mol. The Morgan fingerprint density at radius 1 is 1.53 bits per heavy atom. The lowest BCUT2D eigenvalue weighted by molar-refractivity contribution is -0.122. The summed E-state index contributed by atoms with van der Waals surface area (Å²) in [7, 11) is 0. The van der Waals surface area contributed by atoms with E-state index >= 15 is 0 Å². The van der Waals surface area contributed by atoms with Crippen LogP contribution in [-0.4, -0.2) is 41.7 Å². The second-order valence-corrected chi connectivity index (χ2v) is 5.79. The van der Waals surface area contributed by atoms with Crippen LogP contribution in [0.1, 0.15) is 33.1 Å². The van der Waals surface area contributed by atoms with Crippen LogP contribution in [0.4, 0.5) is 0 Å². The van der Waals surface area contributed by atoms with Gasteiger partial charge in [0.1, 0.15) is 0 Å². The van der Waals surface area contributed by atoms with Crippen LogP contribution < -0.4 is 11.1 Å². The molecule has 2 unspecified atom stereocenters. The first-order valence-corrected chi connectivity index (χ1v) is 7.48. The highest BCUT2D eigenvalue weighted by Crippen LogP contribution is 2.11. The Bertz CT molecular complexity index is 223. The molecule has 0 aliphatic heterocycles. The zero-order valence-corrected chi connectivity index (χ0v) is 12.0. The molecule has 0 aromatic carbocycles. The number of hydrogen-bond acceptors (Lipinski definition) is 4. The minimum atomic E-state index is -0.821. The molecule has 4 N–H and O–H groups in total. The predicted molar refractivity (Wildman–Crippen MR) is 74.1 cm³/mol. The van der Waals surface area contributed by atoms with Crippen LogP contribution in [0.25, 0.3) is 0 Å². The maximum Gasteiger partial charge on any atom is 0.220 e. The molecule has 4 nitrogen and oxygen atoms in total. The monoisotopic (exact) mass is 262 g/mol. The molecule has 0 saturated heterocycles. The van der Waals surface area contributed by atoms with Gasteiger partial charge >= 0.3 is 0 Å². The summed E-state index contributed by atoms with van der Waals surface area (Å²) in [6.07, 6.45) is 4.26. The van der Waals surface area contributed by atoms with Crippen LogP contribution in [0.15, 0.2) is 0 Å². The van der Waals surface area contributed by atoms with E-state index in [0.29, 0.717) is 31.2 Å². The number of hydrogen-bond donors (Lipinski definition) is 3. The number of nitrogens with two attached hydrogens (primary N) is 1. The maximum absolute atomic E-state index is 11.5. The molecule has 0 aromatic rings. The SMILES string of the molecule is CSCC(C)(O)CNC(=O)CCC(C)CCN. The van der Waals surface area contributed by atoms with Gasteiger partial charge in [0.05, 0.1) is 5.60 Å². The first-order chi connectivity index (χ1) is 7.91. The molecular formula is C12H26N2O2S. The lowest BCUT2D eigenvalue weighted by Crippen LogP contribution is -2.42. The standard InChI is InChI=1S/C12H26N2O2S/c1-10(6-7-13)4-5-11(15)14-8-12(2,16)9-17-3/h10,16H,4-9,13H2,1-3H3,(H,14,15). The van der Waals surface area contributed by atoms with Gasteiger partial charge in [-0.25, -0.2) is 0 Å². The molecule has 0 heterocycles. The Labute approximate surface area is 109 Å². The van der Waals surface area contributed by atoms with E-state index in [1.165, 1.54) is 0 Å². The van der Waals surface area contributed by atoms with E-state index in [1.807, 2.05) is 6.26 Å². The second-order valence-electron chi connectivity index (χ2n) is 4.93. The molecule has 0 spiro atoms. The fourth-order valence-electron chi connectivity index (χ4n) is 1.55. The summed E-state index contributed by atoms with van der Waals surface area (Å²) in [5, 5.41) is 12.6. The van der Waals surface area contributed by atoms with Gasteiger partial charge in [-0.15, -0.1) is 0 Å². The summed E-state index contributed by atoms with van der Waals surface area (Å²) in [5.74, 6) is 1.12. The zero-order chi connectivity index (χ0) is 13.3. The molecule has 102 valence electrons. The van der Waals surface area contributed by atoms with Gasteiger partial charge in [0.15, 0.2) is 0 Å². The topological polar surface area (TPSA) is 75.3 Å². The first kappa shape index (κ1) is 16.7. The van der Waals surface area contributed by atoms with Gasteiger partial charge in [0, 0.05) is 18.7 Å². The van der Waals surface area contributed by atoms with Crippen LogP contribution in [-0.2, 0) is 4.79 Å². The van der Waals surface area contributed by atoms with Gasteiger partial charge in [0.2, 0.25) is 5.91 Å². The number of carbonyl (C=O) groups is 1. The van der Waals surface area contributed by atoms with Gasteiger partial charge in [0.25, 0.3) is 0 Å². The van der Waals surface area contributed by atoms with E-state index in [1.54, 1.807) is 18.7 Å². The first-order valence-electron chi connectivity index (χ1n) is 6.09. The number of nitrogens with one attached hydrogen (secondary N) is 1. The van der Waals surface area contributed by atoms with Gasteiger partial charge < -0.3 is 16.2 Å². The van der Waals surface area contributed by atoms with Crippen LogP contribution in [0.2, 0.25) is 0 Å². The van der Waals surface area contributed by atoms with E-state index in [0.717, 1.165) is 12.8 Å². The average Bonchev–Trinajstić information content (AvgIpc) is 2.24. The lowest BCUT2D eigenvalue weighted by atomic mass is 10.0. The largest absolute Gasteiger partial charge is 0.387 e. The van der Waals surface area contributed by atoms with E-state index in [4.69, 9.17) is 5.73 Å². The Kier molecular flexibility index (Phi) is 8.64. The van der Waals surface area contributed by atoms with Crippen molar-refractivity contribution in [2.45, 2.75) is 38.7 Å². The van der Waals surface area contributed by atoms with Crippen molar-refractivity contribution in [3.63, 3.8) is 0 Å². The zero-order valence-electron chi connectivity index (χ0n) is 11.2. The molecule has 1 amide bonds. The summed E-state index contributed by atoms with van der Waals surface area (Å²) < 4.78 is 0. The molecule has 0 radical (unpaired) electrons. The van der Waals surface area contributed by atoms with Gasteiger partial charge in [-0.3, -0.25) is 4.79 Å². The Balaban J connectivity index is 3.72. The van der Waals surface area contributed by atoms with Crippen LogP contribution in [0, 0.1) is 5.92 Å². The van der Waals surface area contributed by atoms with Crippen molar-refractivity contribution < 1.29 is 9.90 Å². The van der Waals surface area contributed by atoms with Crippen LogP contribution in [0.3, 0.4) is 0 Å². The van der Waals surface area contributed by atoms with Crippen LogP contribution in [0.5, 0.6) is 0 Å². The van der Waals surface area contributed by atoms with E-state index < -0.39 is 5.60 Å². The summed E-state index contributed by atoms with van der Waals surface area (Å²) in [4.78, 5) is 11.5. The van der Waals surface area contributed by atoms with Crippen molar-refractivity contribution in [3.05, 3.63) is 0 Å². The minimum Gasteiger partial charge on any atom is -0.387 e. The number of carbonyl (C=O) groups excluding carboxylic acids is 1. The molecule has 0 bridgehead atoms. The minimum absolute atomic E-state index is 0.00949.